The summed E-state index contributed by atoms with van der Waals surface area (Å²) >= 11 is 2.21. The average Bonchev–Trinajstić information content (AvgIpc) is 2.88. The van der Waals surface area contributed by atoms with Gasteiger partial charge in [-0.1, -0.05) is 26.7 Å². The monoisotopic (exact) mass is 361 g/mol. The van der Waals surface area contributed by atoms with Gasteiger partial charge in [0.1, 0.15) is 5.76 Å². The maximum Gasteiger partial charge on any atom is 0.164 e. The standard InChI is InChI=1S/C15H24INO/c1-12(2)9-15(7-3-4-8-15)11-17-10-13-5-6-14(16)18-13/h5-6,12,17H,3-4,7-11H2,1-2H3. The van der Waals surface area contributed by atoms with E-state index in [-0.39, 0.29) is 0 Å². The number of rotatable bonds is 6. The molecule has 102 valence electrons. The van der Waals surface area contributed by atoms with Crippen molar-refractivity contribution >= 4 is 22.6 Å². The molecule has 0 aromatic carbocycles. The van der Waals surface area contributed by atoms with Gasteiger partial charge in [0.25, 0.3) is 0 Å². The first-order valence-electron chi connectivity index (χ1n) is 7.05. The zero-order valence-electron chi connectivity index (χ0n) is 11.5. The van der Waals surface area contributed by atoms with Gasteiger partial charge in [-0.2, -0.15) is 0 Å². The third kappa shape index (κ3) is 3.98. The number of hydrogen-bond donors (Lipinski definition) is 1. The molecule has 0 atom stereocenters. The molecule has 18 heavy (non-hydrogen) atoms. The SMILES string of the molecule is CC(C)CC1(CNCc2ccc(I)o2)CCCC1. The Balaban J connectivity index is 1.82. The molecule has 1 aromatic heterocycles. The predicted octanol–water partition coefficient (Wildman–Crippen LogP) is 4.58. The average molecular weight is 361 g/mol. The summed E-state index contributed by atoms with van der Waals surface area (Å²) in [4.78, 5) is 0. The minimum absolute atomic E-state index is 0.550. The molecule has 0 spiro atoms. The number of hydrogen-bond acceptors (Lipinski definition) is 2. The van der Waals surface area contributed by atoms with E-state index in [1.165, 1.54) is 32.1 Å². The quantitative estimate of drug-likeness (QED) is 0.751. The molecular formula is C15H24INO. The van der Waals surface area contributed by atoms with Gasteiger partial charge in [-0.25, -0.2) is 0 Å². The summed E-state index contributed by atoms with van der Waals surface area (Å²) in [5, 5.41) is 3.61. The molecule has 0 saturated heterocycles. The summed E-state index contributed by atoms with van der Waals surface area (Å²) in [7, 11) is 0. The lowest BCUT2D eigenvalue weighted by Crippen LogP contribution is -2.33. The Labute approximate surface area is 124 Å². The summed E-state index contributed by atoms with van der Waals surface area (Å²) < 4.78 is 6.56. The first kappa shape index (κ1) is 14.4. The molecule has 0 amide bonds. The molecule has 0 unspecified atom stereocenters. The second-order valence-corrected chi connectivity index (χ2v) is 7.18. The van der Waals surface area contributed by atoms with Gasteiger partial charge in [0, 0.05) is 6.54 Å². The fourth-order valence-corrected chi connectivity index (χ4v) is 3.80. The van der Waals surface area contributed by atoms with E-state index in [1.807, 2.05) is 6.07 Å². The molecule has 1 aliphatic carbocycles. The van der Waals surface area contributed by atoms with E-state index in [4.69, 9.17) is 4.42 Å². The zero-order chi connectivity index (χ0) is 13.0. The van der Waals surface area contributed by atoms with Crippen LogP contribution in [0.4, 0.5) is 0 Å². The van der Waals surface area contributed by atoms with E-state index in [2.05, 4.69) is 47.8 Å². The highest BCUT2D eigenvalue weighted by Crippen LogP contribution is 2.42. The van der Waals surface area contributed by atoms with E-state index < -0.39 is 0 Å². The van der Waals surface area contributed by atoms with Crippen LogP contribution in [0.1, 0.15) is 51.7 Å². The Kier molecular flexibility index (Phi) is 5.13. The first-order valence-corrected chi connectivity index (χ1v) is 8.12. The highest BCUT2D eigenvalue weighted by atomic mass is 127. The van der Waals surface area contributed by atoms with Crippen LogP contribution < -0.4 is 5.32 Å². The Morgan fingerprint density at radius 1 is 1.33 bits per heavy atom. The molecule has 2 nitrogen and oxygen atoms in total. The lowest BCUT2D eigenvalue weighted by atomic mass is 9.78. The van der Waals surface area contributed by atoms with Gasteiger partial charge >= 0.3 is 0 Å². The van der Waals surface area contributed by atoms with Crippen LogP contribution in [-0.4, -0.2) is 6.54 Å². The van der Waals surface area contributed by atoms with Crippen molar-refractivity contribution in [1.82, 2.24) is 5.32 Å². The van der Waals surface area contributed by atoms with Crippen LogP contribution >= 0.6 is 22.6 Å². The largest absolute Gasteiger partial charge is 0.454 e. The first-order chi connectivity index (χ1) is 8.60. The van der Waals surface area contributed by atoms with Gasteiger partial charge in [-0.05, 0) is 65.3 Å². The van der Waals surface area contributed by atoms with Crippen molar-refractivity contribution < 1.29 is 4.42 Å². The van der Waals surface area contributed by atoms with Crippen molar-refractivity contribution in [2.24, 2.45) is 11.3 Å². The van der Waals surface area contributed by atoms with Gasteiger partial charge in [-0.15, -0.1) is 0 Å². The summed E-state index contributed by atoms with van der Waals surface area (Å²) in [6, 6.07) is 4.09. The van der Waals surface area contributed by atoms with Gasteiger partial charge in [-0.3, -0.25) is 0 Å². The fraction of sp³-hybridized carbons (Fsp3) is 0.733. The minimum Gasteiger partial charge on any atom is -0.454 e. The number of halogens is 1. The van der Waals surface area contributed by atoms with Crippen LogP contribution in [0.15, 0.2) is 16.5 Å². The van der Waals surface area contributed by atoms with Crippen LogP contribution in [0.2, 0.25) is 0 Å². The smallest absolute Gasteiger partial charge is 0.164 e. The third-order valence-corrected chi connectivity index (χ3v) is 4.51. The topological polar surface area (TPSA) is 25.2 Å². The molecule has 1 fully saturated rings. The maximum atomic E-state index is 5.59. The Morgan fingerprint density at radius 3 is 2.61 bits per heavy atom. The van der Waals surface area contributed by atoms with Crippen molar-refractivity contribution in [1.29, 1.82) is 0 Å². The normalized spacial score (nSPS) is 18.7. The lowest BCUT2D eigenvalue weighted by Gasteiger charge is -2.31. The van der Waals surface area contributed by atoms with Gasteiger partial charge < -0.3 is 9.73 Å². The number of furan rings is 1. The van der Waals surface area contributed by atoms with E-state index >= 15 is 0 Å². The molecule has 2 rings (SSSR count). The van der Waals surface area contributed by atoms with Crippen LogP contribution in [0.3, 0.4) is 0 Å². The van der Waals surface area contributed by atoms with Crippen molar-refractivity contribution in [3.8, 4) is 0 Å². The van der Waals surface area contributed by atoms with E-state index in [0.717, 1.165) is 28.5 Å². The van der Waals surface area contributed by atoms with Crippen molar-refractivity contribution in [2.45, 2.75) is 52.5 Å². The number of nitrogens with one attached hydrogen (secondary N) is 1. The second kappa shape index (κ2) is 6.42. The summed E-state index contributed by atoms with van der Waals surface area (Å²) in [6.07, 6.45) is 6.97. The summed E-state index contributed by atoms with van der Waals surface area (Å²) in [5.74, 6) is 1.85. The van der Waals surface area contributed by atoms with Gasteiger partial charge in [0.05, 0.1) is 6.54 Å². The van der Waals surface area contributed by atoms with Crippen molar-refractivity contribution in [3.05, 3.63) is 21.7 Å². The third-order valence-electron chi connectivity index (χ3n) is 3.93. The molecule has 1 heterocycles. The fourth-order valence-electron chi connectivity index (χ4n) is 3.34. The summed E-state index contributed by atoms with van der Waals surface area (Å²) in [5.41, 5.74) is 0.550. The van der Waals surface area contributed by atoms with E-state index in [0.29, 0.717) is 5.41 Å². The molecule has 0 radical (unpaired) electrons. The van der Waals surface area contributed by atoms with Crippen LogP contribution in [0.25, 0.3) is 0 Å². The molecule has 3 heteroatoms. The van der Waals surface area contributed by atoms with Crippen LogP contribution in [0.5, 0.6) is 0 Å². The molecule has 0 aliphatic heterocycles. The molecule has 0 bridgehead atoms. The molecule has 1 saturated carbocycles. The molecule has 1 aliphatic rings. The van der Waals surface area contributed by atoms with Crippen LogP contribution in [-0.2, 0) is 6.54 Å². The van der Waals surface area contributed by atoms with E-state index in [1.54, 1.807) is 0 Å². The molecule has 1 N–H and O–H groups in total. The highest BCUT2D eigenvalue weighted by molar-refractivity contribution is 14.1. The minimum atomic E-state index is 0.550. The lowest BCUT2D eigenvalue weighted by molar-refractivity contribution is 0.221. The Hall–Kier alpha value is -0.0300. The molecule has 1 aromatic rings. The van der Waals surface area contributed by atoms with Crippen molar-refractivity contribution in [3.63, 3.8) is 0 Å². The highest BCUT2D eigenvalue weighted by Gasteiger charge is 2.33. The predicted molar refractivity (Wildman–Crippen MR) is 83.5 cm³/mol. The Bertz CT molecular complexity index is 366. The summed E-state index contributed by atoms with van der Waals surface area (Å²) in [6.45, 7) is 6.69. The van der Waals surface area contributed by atoms with Gasteiger partial charge in [0.2, 0.25) is 0 Å². The van der Waals surface area contributed by atoms with Crippen LogP contribution in [0, 0.1) is 15.1 Å². The molecular weight excluding hydrogens is 337 g/mol. The van der Waals surface area contributed by atoms with Gasteiger partial charge in [0.15, 0.2) is 3.77 Å². The van der Waals surface area contributed by atoms with E-state index in [9.17, 15) is 0 Å². The second-order valence-electron chi connectivity index (χ2n) is 6.11. The Morgan fingerprint density at radius 2 is 2.06 bits per heavy atom. The van der Waals surface area contributed by atoms with Crippen molar-refractivity contribution in [2.75, 3.05) is 6.54 Å². The zero-order valence-corrected chi connectivity index (χ0v) is 13.6. The maximum absolute atomic E-state index is 5.59.